The van der Waals surface area contributed by atoms with Crippen molar-refractivity contribution in [3.05, 3.63) is 39.7 Å². The number of carbonyl (C=O) groups is 1. The van der Waals surface area contributed by atoms with Crippen molar-refractivity contribution in [3.63, 3.8) is 0 Å². The average Bonchev–Trinajstić information content (AvgIpc) is 3.44. The summed E-state index contributed by atoms with van der Waals surface area (Å²) in [4.78, 5) is 25.6. The largest absolute Gasteiger partial charge is 0.454 e. The third-order valence-electron chi connectivity index (χ3n) is 5.32. The summed E-state index contributed by atoms with van der Waals surface area (Å²) < 4.78 is 7.10. The SMILES string of the molecule is CC1CCN(c2ccc([N+](=O)[O-])cc2C(=O)OCc2nnnn2C2CC2)CC1. The fourth-order valence-corrected chi connectivity index (χ4v) is 3.44. The first-order chi connectivity index (χ1) is 13.5. The number of nitrogens with zero attached hydrogens (tertiary/aromatic N) is 6. The zero-order valence-corrected chi connectivity index (χ0v) is 15.7. The molecule has 0 atom stereocenters. The topological polar surface area (TPSA) is 116 Å². The molecule has 0 amide bonds. The van der Waals surface area contributed by atoms with E-state index in [1.807, 2.05) is 0 Å². The molecule has 2 aliphatic rings. The fraction of sp³-hybridized carbons (Fsp3) is 0.556. The fourth-order valence-electron chi connectivity index (χ4n) is 3.44. The number of esters is 1. The number of nitro benzene ring substituents is 1. The van der Waals surface area contributed by atoms with E-state index >= 15 is 0 Å². The maximum Gasteiger partial charge on any atom is 0.340 e. The van der Waals surface area contributed by atoms with Crippen LogP contribution in [0.15, 0.2) is 18.2 Å². The van der Waals surface area contributed by atoms with E-state index in [1.54, 1.807) is 10.7 Å². The number of piperidine rings is 1. The van der Waals surface area contributed by atoms with Crippen molar-refractivity contribution in [2.45, 2.75) is 45.3 Å². The number of anilines is 1. The van der Waals surface area contributed by atoms with Gasteiger partial charge in [0, 0.05) is 25.2 Å². The summed E-state index contributed by atoms with van der Waals surface area (Å²) in [5.74, 6) is 0.503. The third-order valence-corrected chi connectivity index (χ3v) is 5.32. The number of rotatable bonds is 6. The summed E-state index contributed by atoms with van der Waals surface area (Å²) in [6.07, 6.45) is 4.05. The normalized spacial score (nSPS) is 17.5. The molecule has 1 aromatic carbocycles. The van der Waals surface area contributed by atoms with E-state index in [9.17, 15) is 14.9 Å². The molecule has 2 fully saturated rings. The molecule has 148 valence electrons. The van der Waals surface area contributed by atoms with Crippen LogP contribution in [0.1, 0.15) is 54.8 Å². The van der Waals surface area contributed by atoms with E-state index in [0.717, 1.165) is 38.8 Å². The number of non-ortho nitro benzene ring substituents is 1. The molecule has 10 nitrogen and oxygen atoms in total. The molecule has 2 heterocycles. The summed E-state index contributed by atoms with van der Waals surface area (Å²) in [5, 5.41) is 22.7. The summed E-state index contributed by atoms with van der Waals surface area (Å²) >= 11 is 0. The van der Waals surface area contributed by atoms with Gasteiger partial charge in [0.2, 0.25) is 0 Å². The molecule has 1 aromatic heterocycles. The first kappa shape index (κ1) is 18.3. The number of benzene rings is 1. The van der Waals surface area contributed by atoms with Crippen molar-refractivity contribution in [1.29, 1.82) is 0 Å². The molecule has 0 unspecified atom stereocenters. The van der Waals surface area contributed by atoms with Crippen molar-refractivity contribution < 1.29 is 14.5 Å². The van der Waals surface area contributed by atoms with Gasteiger partial charge in [-0.25, -0.2) is 9.48 Å². The molecule has 10 heteroatoms. The second kappa shape index (κ2) is 7.53. The van der Waals surface area contributed by atoms with Crippen LogP contribution in [0.2, 0.25) is 0 Å². The molecule has 28 heavy (non-hydrogen) atoms. The number of hydrogen-bond donors (Lipinski definition) is 0. The van der Waals surface area contributed by atoms with Crippen LogP contribution in [0.25, 0.3) is 0 Å². The second-order valence-corrected chi connectivity index (χ2v) is 7.48. The Kier molecular flexibility index (Phi) is 4.93. The monoisotopic (exact) mass is 386 g/mol. The number of aromatic nitrogens is 4. The Hall–Kier alpha value is -3.04. The van der Waals surface area contributed by atoms with Crippen molar-refractivity contribution in [2.75, 3.05) is 18.0 Å². The number of nitro groups is 1. The highest BCUT2D eigenvalue weighted by Gasteiger charge is 2.29. The highest BCUT2D eigenvalue weighted by molar-refractivity contribution is 5.96. The third kappa shape index (κ3) is 3.80. The molecule has 1 saturated heterocycles. The van der Waals surface area contributed by atoms with Gasteiger partial charge in [-0.15, -0.1) is 5.10 Å². The molecule has 4 rings (SSSR count). The van der Waals surface area contributed by atoms with Gasteiger partial charge in [-0.3, -0.25) is 10.1 Å². The lowest BCUT2D eigenvalue weighted by molar-refractivity contribution is -0.384. The van der Waals surface area contributed by atoms with Crippen molar-refractivity contribution in [3.8, 4) is 0 Å². The highest BCUT2D eigenvalue weighted by atomic mass is 16.6. The number of ether oxygens (including phenoxy) is 1. The Morgan fingerprint density at radius 3 is 2.71 bits per heavy atom. The van der Waals surface area contributed by atoms with E-state index in [1.165, 1.54) is 12.1 Å². The minimum atomic E-state index is -0.609. The van der Waals surface area contributed by atoms with Gasteiger partial charge in [0.25, 0.3) is 5.69 Å². The van der Waals surface area contributed by atoms with Gasteiger partial charge >= 0.3 is 5.97 Å². The molecule has 1 saturated carbocycles. The van der Waals surface area contributed by atoms with Crippen LogP contribution < -0.4 is 4.90 Å². The molecule has 0 spiro atoms. The Bertz CT molecular complexity index is 886. The molecule has 0 N–H and O–H groups in total. The van der Waals surface area contributed by atoms with E-state index in [2.05, 4.69) is 27.3 Å². The smallest absolute Gasteiger partial charge is 0.340 e. The Labute approximate surface area is 161 Å². The Morgan fingerprint density at radius 2 is 2.04 bits per heavy atom. The second-order valence-electron chi connectivity index (χ2n) is 7.48. The van der Waals surface area contributed by atoms with Gasteiger partial charge in [-0.2, -0.15) is 0 Å². The molecule has 0 bridgehead atoms. The van der Waals surface area contributed by atoms with Gasteiger partial charge in [0.15, 0.2) is 12.4 Å². The number of carbonyl (C=O) groups excluding carboxylic acids is 1. The molecular weight excluding hydrogens is 364 g/mol. The van der Waals surface area contributed by atoms with Crippen LogP contribution >= 0.6 is 0 Å². The van der Waals surface area contributed by atoms with Crippen LogP contribution in [-0.4, -0.2) is 44.2 Å². The average molecular weight is 386 g/mol. The maximum absolute atomic E-state index is 12.8. The Morgan fingerprint density at radius 1 is 1.29 bits per heavy atom. The van der Waals surface area contributed by atoms with E-state index in [-0.39, 0.29) is 23.9 Å². The zero-order valence-electron chi connectivity index (χ0n) is 15.7. The van der Waals surface area contributed by atoms with Crippen LogP contribution in [-0.2, 0) is 11.3 Å². The molecule has 0 radical (unpaired) electrons. The summed E-state index contributed by atoms with van der Waals surface area (Å²) in [7, 11) is 0. The van der Waals surface area contributed by atoms with Crippen LogP contribution in [0, 0.1) is 16.0 Å². The molecule has 2 aromatic rings. The van der Waals surface area contributed by atoms with E-state index in [4.69, 9.17) is 4.74 Å². The van der Waals surface area contributed by atoms with E-state index < -0.39 is 10.9 Å². The van der Waals surface area contributed by atoms with Gasteiger partial charge in [-0.1, -0.05) is 6.92 Å². The maximum atomic E-state index is 12.8. The Balaban J connectivity index is 1.55. The lowest BCUT2D eigenvalue weighted by Crippen LogP contribution is -2.34. The highest BCUT2D eigenvalue weighted by Crippen LogP contribution is 2.34. The predicted octanol–water partition coefficient (Wildman–Crippen LogP) is 2.51. The predicted molar refractivity (Wildman–Crippen MR) is 98.9 cm³/mol. The minimum absolute atomic E-state index is 0.0680. The number of hydrogen-bond acceptors (Lipinski definition) is 8. The lowest BCUT2D eigenvalue weighted by Gasteiger charge is -2.33. The van der Waals surface area contributed by atoms with Gasteiger partial charge in [-0.05, 0) is 48.1 Å². The molecular formula is C18H22N6O4. The molecule has 1 aliphatic heterocycles. The number of tetrazole rings is 1. The van der Waals surface area contributed by atoms with Crippen molar-refractivity contribution >= 4 is 17.3 Å². The summed E-state index contributed by atoms with van der Waals surface area (Å²) in [6, 6.07) is 4.63. The summed E-state index contributed by atoms with van der Waals surface area (Å²) in [5.41, 5.74) is 0.738. The van der Waals surface area contributed by atoms with Crippen LogP contribution in [0.3, 0.4) is 0 Å². The van der Waals surface area contributed by atoms with Crippen molar-refractivity contribution in [2.24, 2.45) is 5.92 Å². The van der Waals surface area contributed by atoms with Crippen LogP contribution in [0.4, 0.5) is 11.4 Å². The van der Waals surface area contributed by atoms with E-state index in [0.29, 0.717) is 17.4 Å². The standard InChI is InChI=1S/C18H22N6O4/c1-12-6-8-22(9-7-12)16-5-4-14(24(26)27)10-15(16)18(25)28-11-17-19-20-21-23(17)13-2-3-13/h4-5,10,12-13H,2-3,6-9,11H2,1H3. The minimum Gasteiger partial charge on any atom is -0.454 e. The van der Waals surface area contributed by atoms with Crippen molar-refractivity contribution in [1.82, 2.24) is 20.2 Å². The van der Waals surface area contributed by atoms with Gasteiger partial charge in [0.1, 0.15) is 0 Å². The van der Waals surface area contributed by atoms with Crippen LogP contribution in [0.5, 0.6) is 0 Å². The quantitative estimate of drug-likeness (QED) is 0.422. The summed E-state index contributed by atoms with van der Waals surface area (Å²) in [6.45, 7) is 3.74. The first-order valence-corrected chi connectivity index (χ1v) is 9.50. The first-order valence-electron chi connectivity index (χ1n) is 9.50. The van der Waals surface area contributed by atoms with Gasteiger partial charge in [0.05, 0.1) is 22.2 Å². The zero-order chi connectivity index (χ0) is 19.7. The lowest BCUT2D eigenvalue weighted by atomic mass is 9.98. The molecule has 1 aliphatic carbocycles. The van der Waals surface area contributed by atoms with Gasteiger partial charge < -0.3 is 9.64 Å².